The predicted octanol–water partition coefficient (Wildman–Crippen LogP) is 1.62. The number of hydrogen-bond acceptors (Lipinski definition) is 1. The van der Waals surface area contributed by atoms with Crippen LogP contribution in [0.25, 0.3) is 0 Å². The second-order valence-corrected chi connectivity index (χ2v) is 3.66. The smallest absolute Gasteiger partial charge is 0.107 e. The van der Waals surface area contributed by atoms with Crippen molar-refractivity contribution in [2.45, 2.75) is 19.8 Å². The average molecular weight is 191 g/mol. The number of allylic oxidation sites excluding steroid dienone is 1. The summed E-state index contributed by atoms with van der Waals surface area (Å²) in [5.41, 5.74) is 3.08. The molecule has 0 amide bonds. The van der Waals surface area contributed by atoms with Gasteiger partial charge in [0.1, 0.15) is 5.70 Å². The van der Waals surface area contributed by atoms with Crippen molar-refractivity contribution in [2.24, 2.45) is 0 Å². The van der Waals surface area contributed by atoms with Crippen LogP contribution in [0.2, 0.25) is 0 Å². The molecular formula is C12H17NO. The Balaban J connectivity index is 2.95. The van der Waals surface area contributed by atoms with Crippen LogP contribution in [0.15, 0.2) is 36.5 Å². The van der Waals surface area contributed by atoms with Gasteiger partial charge in [0.25, 0.3) is 0 Å². The first-order chi connectivity index (χ1) is 6.54. The van der Waals surface area contributed by atoms with Crippen LogP contribution in [0.1, 0.15) is 24.0 Å². The molecule has 0 aliphatic heterocycles. The van der Waals surface area contributed by atoms with E-state index in [1.165, 1.54) is 11.1 Å². The molecule has 0 radical (unpaired) electrons. The van der Waals surface area contributed by atoms with Crippen LogP contribution in [0.4, 0.5) is 0 Å². The molecule has 2 nitrogen and oxygen atoms in total. The number of nitrogens with one attached hydrogen (secondary N) is 1. The SMILES string of the molecule is C=C([C@@H](C)c1ccccc1C)[NH+](C)[O-]. The third kappa shape index (κ3) is 2.22. The number of quaternary nitrogens is 1. The quantitative estimate of drug-likeness (QED) is 0.722. The van der Waals surface area contributed by atoms with Crippen molar-refractivity contribution in [3.05, 3.63) is 52.9 Å². The van der Waals surface area contributed by atoms with Crippen molar-refractivity contribution in [1.82, 2.24) is 0 Å². The van der Waals surface area contributed by atoms with Gasteiger partial charge in [-0.1, -0.05) is 24.3 Å². The van der Waals surface area contributed by atoms with Crippen molar-refractivity contribution in [2.75, 3.05) is 7.05 Å². The second kappa shape index (κ2) is 4.40. The molecule has 1 unspecified atom stereocenters. The van der Waals surface area contributed by atoms with Gasteiger partial charge in [-0.25, -0.2) is 0 Å². The summed E-state index contributed by atoms with van der Waals surface area (Å²) in [4.78, 5) is 0. The first-order valence-electron chi connectivity index (χ1n) is 4.79. The van der Waals surface area contributed by atoms with E-state index in [1.807, 2.05) is 25.1 Å². The van der Waals surface area contributed by atoms with Gasteiger partial charge < -0.3 is 10.3 Å². The van der Waals surface area contributed by atoms with Crippen molar-refractivity contribution in [3.8, 4) is 0 Å². The number of rotatable bonds is 3. The van der Waals surface area contributed by atoms with Gasteiger partial charge in [0.05, 0.1) is 13.0 Å². The zero-order chi connectivity index (χ0) is 10.7. The summed E-state index contributed by atoms with van der Waals surface area (Å²) in [6.45, 7) is 7.90. The van der Waals surface area contributed by atoms with E-state index in [4.69, 9.17) is 0 Å². The Morgan fingerprint density at radius 1 is 1.43 bits per heavy atom. The van der Waals surface area contributed by atoms with Crippen molar-refractivity contribution in [1.29, 1.82) is 0 Å². The van der Waals surface area contributed by atoms with Gasteiger partial charge in [0, 0.05) is 0 Å². The molecule has 14 heavy (non-hydrogen) atoms. The van der Waals surface area contributed by atoms with E-state index in [1.54, 1.807) is 7.05 Å². The third-order valence-electron chi connectivity index (χ3n) is 2.63. The molecule has 2 atom stereocenters. The monoisotopic (exact) mass is 191 g/mol. The van der Waals surface area contributed by atoms with E-state index in [0.717, 1.165) is 0 Å². The number of hydroxylamine groups is 2. The second-order valence-electron chi connectivity index (χ2n) is 3.66. The summed E-state index contributed by atoms with van der Waals surface area (Å²) >= 11 is 0. The van der Waals surface area contributed by atoms with Gasteiger partial charge in [-0.05, 0) is 31.6 Å². The van der Waals surface area contributed by atoms with E-state index < -0.39 is 0 Å². The Kier molecular flexibility index (Phi) is 3.44. The first kappa shape index (κ1) is 11.0. The van der Waals surface area contributed by atoms with Crippen LogP contribution in [0, 0.1) is 12.1 Å². The summed E-state index contributed by atoms with van der Waals surface area (Å²) in [7, 11) is 1.57. The molecule has 1 aromatic carbocycles. The zero-order valence-electron chi connectivity index (χ0n) is 9.00. The van der Waals surface area contributed by atoms with E-state index >= 15 is 0 Å². The third-order valence-corrected chi connectivity index (χ3v) is 2.63. The molecule has 0 fully saturated rings. The molecule has 0 bridgehead atoms. The van der Waals surface area contributed by atoms with E-state index in [2.05, 4.69) is 19.6 Å². The maximum absolute atomic E-state index is 11.2. The number of aryl methyl sites for hydroxylation is 1. The summed E-state index contributed by atoms with van der Waals surface area (Å²) in [6.07, 6.45) is 0. The van der Waals surface area contributed by atoms with Crippen LogP contribution >= 0.6 is 0 Å². The lowest BCUT2D eigenvalue weighted by Gasteiger charge is -2.24. The highest BCUT2D eigenvalue weighted by Crippen LogP contribution is 2.22. The van der Waals surface area contributed by atoms with Crippen LogP contribution in [-0.4, -0.2) is 7.05 Å². The topological polar surface area (TPSA) is 27.5 Å². The minimum absolute atomic E-state index is 0.0701. The molecule has 0 saturated carbocycles. The zero-order valence-corrected chi connectivity index (χ0v) is 9.00. The van der Waals surface area contributed by atoms with E-state index in [9.17, 15) is 5.21 Å². The summed E-state index contributed by atoms with van der Waals surface area (Å²) < 4.78 is 0. The summed E-state index contributed by atoms with van der Waals surface area (Å²) in [5.74, 6) is 0.119. The van der Waals surface area contributed by atoms with Gasteiger partial charge in [-0.2, -0.15) is 0 Å². The molecule has 2 heteroatoms. The summed E-state index contributed by atoms with van der Waals surface area (Å²) in [5, 5.41) is 11.2. The van der Waals surface area contributed by atoms with Gasteiger partial charge in [0.15, 0.2) is 0 Å². The van der Waals surface area contributed by atoms with Crippen molar-refractivity contribution in [3.63, 3.8) is 0 Å². The van der Waals surface area contributed by atoms with Gasteiger partial charge in [0.2, 0.25) is 0 Å². The van der Waals surface area contributed by atoms with Gasteiger partial charge in [-0.15, -0.1) is 0 Å². The Morgan fingerprint density at radius 3 is 2.50 bits per heavy atom. The highest BCUT2D eigenvalue weighted by molar-refractivity contribution is 5.32. The van der Waals surface area contributed by atoms with Gasteiger partial charge >= 0.3 is 0 Å². The normalized spacial score (nSPS) is 14.9. The molecule has 0 aliphatic rings. The fourth-order valence-electron chi connectivity index (χ4n) is 1.57. The lowest BCUT2D eigenvalue weighted by molar-refractivity contribution is -0.784. The highest BCUT2D eigenvalue weighted by Gasteiger charge is 2.14. The molecule has 1 aromatic rings. The lowest BCUT2D eigenvalue weighted by Crippen LogP contribution is -3.02. The highest BCUT2D eigenvalue weighted by atomic mass is 16.5. The molecule has 0 aromatic heterocycles. The molecule has 1 N–H and O–H groups in total. The summed E-state index contributed by atoms with van der Waals surface area (Å²) in [6, 6.07) is 8.10. The van der Waals surface area contributed by atoms with Crippen LogP contribution < -0.4 is 5.06 Å². The molecular weight excluding hydrogens is 174 g/mol. The molecule has 76 valence electrons. The maximum atomic E-state index is 11.2. The molecule has 0 spiro atoms. The molecule has 1 rings (SSSR count). The average Bonchev–Trinajstić information content (AvgIpc) is 2.16. The largest absolute Gasteiger partial charge is 0.629 e. The Bertz CT molecular complexity index is 331. The number of likely N-dealkylation sites (N-methyl/N-ethyl adjacent to an activating group) is 1. The van der Waals surface area contributed by atoms with Crippen LogP contribution in [0.5, 0.6) is 0 Å². The van der Waals surface area contributed by atoms with E-state index in [0.29, 0.717) is 5.70 Å². The number of hydrogen-bond donors (Lipinski definition) is 1. The Hall–Kier alpha value is -1.12. The Morgan fingerprint density at radius 2 is 2.00 bits per heavy atom. The van der Waals surface area contributed by atoms with Crippen LogP contribution in [0.3, 0.4) is 0 Å². The fourth-order valence-corrected chi connectivity index (χ4v) is 1.57. The molecule has 0 heterocycles. The van der Waals surface area contributed by atoms with Crippen LogP contribution in [-0.2, 0) is 0 Å². The van der Waals surface area contributed by atoms with Crippen molar-refractivity contribution >= 4 is 0 Å². The number of benzene rings is 1. The molecule has 0 saturated heterocycles. The van der Waals surface area contributed by atoms with E-state index in [-0.39, 0.29) is 11.0 Å². The Labute approximate surface area is 85.4 Å². The predicted molar refractivity (Wildman–Crippen MR) is 59.0 cm³/mol. The fraction of sp³-hybridized carbons (Fsp3) is 0.333. The lowest BCUT2D eigenvalue weighted by atomic mass is 9.94. The maximum Gasteiger partial charge on any atom is 0.107 e. The molecule has 0 aliphatic carbocycles. The standard InChI is InChI=1S/C12H17NO/c1-9-7-5-6-8-12(9)10(2)11(3)13(4)14/h5-8,10,13H,3H2,1-2,4H3/t10-/m1/s1. The minimum atomic E-state index is 0.0701. The minimum Gasteiger partial charge on any atom is -0.629 e. The first-order valence-corrected chi connectivity index (χ1v) is 4.79. The van der Waals surface area contributed by atoms with Gasteiger partial charge in [-0.3, -0.25) is 0 Å². The van der Waals surface area contributed by atoms with Crippen molar-refractivity contribution < 1.29 is 5.06 Å².